The van der Waals surface area contributed by atoms with E-state index >= 15 is 0 Å². The molecule has 10 unspecified atom stereocenters. The van der Waals surface area contributed by atoms with Gasteiger partial charge in [-0.05, 0) is 55.3 Å². The normalized spacial score (nSPS) is 37.9. The third kappa shape index (κ3) is 5.69. The van der Waals surface area contributed by atoms with E-state index in [4.69, 9.17) is 0 Å². The van der Waals surface area contributed by atoms with E-state index < -0.39 is 29.4 Å². The zero-order chi connectivity index (χ0) is 25.9. The van der Waals surface area contributed by atoms with E-state index in [1.54, 1.807) is 12.2 Å². The summed E-state index contributed by atoms with van der Waals surface area (Å²) in [6, 6.07) is 0. The minimum atomic E-state index is -1.25. The van der Waals surface area contributed by atoms with Gasteiger partial charge in [0.1, 0.15) is 0 Å². The largest absolute Gasteiger partial charge is 0.393 e. The van der Waals surface area contributed by atoms with Crippen LogP contribution in [0.4, 0.5) is 0 Å². The number of amides is 1. The van der Waals surface area contributed by atoms with Gasteiger partial charge in [-0.15, -0.1) is 0 Å². The lowest BCUT2D eigenvalue weighted by Gasteiger charge is -2.53. The maximum absolute atomic E-state index is 14.0. The first-order valence-electron chi connectivity index (χ1n) is 13.2. The number of aliphatic hydroxyl groups is 2. The van der Waals surface area contributed by atoms with Gasteiger partial charge in [-0.25, -0.2) is 0 Å². The second kappa shape index (κ2) is 11.3. The van der Waals surface area contributed by atoms with Crippen LogP contribution in [0.15, 0.2) is 36.5 Å². The van der Waals surface area contributed by atoms with Crippen molar-refractivity contribution in [3.63, 3.8) is 0 Å². The van der Waals surface area contributed by atoms with Gasteiger partial charge < -0.3 is 15.5 Å². The molecule has 1 saturated heterocycles. The maximum Gasteiger partial charge on any atom is 0.238 e. The maximum atomic E-state index is 14.0. The Morgan fingerprint density at radius 3 is 2.49 bits per heavy atom. The molecule has 194 valence electrons. The molecule has 35 heavy (non-hydrogen) atoms. The summed E-state index contributed by atoms with van der Waals surface area (Å²) < 4.78 is 0. The predicted octanol–water partition coefficient (Wildman–Crippen LogP) is 3.63. The topological polar surface area (TPSA) is 104 Å². The number of carbonyl (C=O) groups is 3. The summed E-state index contributed by atoms with van der Waals surface area (Å²) in [6.45, 7) is 10.1. The highest BCUT2D eigenvalue weighted by Crippen LogP contribution is 2.56. The first-order chi connectivity index (χ1) is 16.5. The standard InChI is InChI=1S/C29H43NO5/c1-6-23(32)18(3)9-7-8-10-22(31)15-21-12-11-20-14-17(2)13-19(4)26(20)29(21,5)27(34)25-24(33)16-30-28(25)35/h7-12,17-23,25-26,31-32H,6,13-16H2,1-5H3,(H,30,35)/b9-7+,10-8+. The molecule has 1 saturated carbocycles. The monoisotopic (exact) mass is 485 g/mol. The molecule has 3 N–H and O–H groups in total. The second-order valence-electron chi connectivity index (χ2n) is 11.4. The highest BCUT2D eigenvalue weighted by atomic mass is 16.3. The number of rotatable bonds is 9. The van der Waals surface area contributed by atoms with Crippen LogP contribution in [0.25, 0.3) is 0 Å². The van der Waals surface area contributed by atoms with Crippen LogP contribution in [0.3, 0.4) is 0 Å². The van der Waals surface area contributed by atoms with Crippen LogP contribution >= 0.6 is 0 Å². The van der Waals surface area contributed by atoms with Crippen molar-refractivity contribution in [1.29, 1.82) is 0 Å². The number of hydrogen-bond donors (Lipinski definition) is 3. The molecule has 0 aromatic rings. The van der Waals surface area contributed by atoms with Crippen molar-refractivity contribution in [2.75, 3.05) is 6.54 Å². The minimum absolute atomic E-state index is 0.0196. The average molecular weight is 486 g/mol. The van der Waals surface area contributed by atoms with Crippen molar-refractivity contribution >= 4 is 17.5 Å². The molecule has 1 heterocycles. The fourth-order valence-electron chi connectivity index (χ4n) is 6.91. The van der Waals surface area contributed by atoms with Crippen molar-refractivity contribution in [1.82, 2.24) is 5.32 Å². The Bertz CT molecular complexity index is 876. The summed E-state index contributed by atoms with van der Waals surface area (Å²) >= 11 is 0. The fourth-order valence-corrected chi connectivity index (χ4v) is 6.91. The van der Waals surface area contributed by atoms with Crippen molar-refractivity contribution in [2.24, 2.45) is 46.8 Å². The van der Waals surface area contributed by atoms with Gasteiger partial charge in [-0.2, -0.15) is 0 Å². The molecule has 2 fully saturated rings. The highest BCUT2D eigenvalue weighted by Gasteiger charge is 2.58. The molecule has 1 aliphatic heterocycles. The van der Waals surface area contributed by atoms with Gasteiger partial charge in [0.25, 0.3) is 0 Å². The Balaban J connectivity index is 1.85. The van der Waals surface area contributed by atoms with Crippen molar-refractivity contribution in [2.45, 2.75) is 72.5 Å². The molecule has 0 aromatic heterocycles. The summed E-state index contributed by atoms with van der Waals surface area (Å²) in [7, 11) is 0. The molecule has 6 nitrogen and oxygen atoms in total. The van der Waals surface area contributed by atoms with Crippen molar-refractivity contribution in [3.05, 3.63) is 36.5 Å². The lowest BCUT2D eigenvalue weighted by molar-refractivity contribution is -0.150. The number of Topliss-reactive ketones (excluding diaryl/α,β-unsaturated/α-hetero) is 2. The molecule has 0 radical (unpaired) electrons. The van der Waals surface area contributed by atoms with E-state index in [2.05, 4.69) is 25.2 Å². The van der Waals surface area contributed by atoms with E-state index in [-0.39, 0.29) is 47.7 Å². The lowest BCUT2D eigenvalue weighted by atomic mass is 9.49. The number of fused-ring (bicyclic) bond motifs is 1. The molecular formula is C29H43NO5. The molecule has 0 aromatic carbocycles. The van der Waals surface area contributed by atoms with Crippen LogP contribution in [0, 0.1) is 46.8 Å². The van der Waals surface area contributed by atoms with E-state index in [0.717, 1.165) is 12.8 Å². The van der Waals surface area contributed by atoms with Crippen LogP contribution in [0.5, 0.6) is 0 Å². The second-order valence-corrected chi connectivity index (χ2v) is 11.4. The molecule has 6 heteroatoms. The SMILES string of the molecule is CCC(O)C(C)/C=C/C=C/C(O)CC1C=CC2CC(C)CC(C)C2C1(C)C(=O)C1C(=O)CNC1=O. The molecular weight excluding hydrogens is 442 g/mol. The molecule has 3 aliphatic rings. The Kier molecular flexibility index (Phi) is 8.92. The number of allylic oxidation sites excluding steroid dienone is 4. The van der Waals surface area contributed by atoms with Crippen LogP contribution in [-0.4, -0.2) is 46.4 Å². The van der Waals surface area contributed by atoms with E-state index in [1.165, 1.54) is 0 Å². The Morgan fingerprint density at radius 1 is 1.17 bits per heavy atom. The number of aliphatic hydroxyl groups excluding tert-OH is 2. The Morgan fingerprint density at radius 2 is 1.86 bits per heavy atom. The minimum Gasteiger partial charge on any atom is -0.393 e. The Hall–Kier alpha value is -2.05. The zero-order valence-electron chi connectivity index (χ0n) is 21.8. The fraction of sp³-hybridized carbons (Fsp3) is 0.690. The molecule has 1 amide bonds. The molecule has 10 atom stereocenters. The summed E-state index contributed by atoms with van der Waals surface area (Å²) in [5, 5.41) is 23.3. The number of ketones is 2. The molecule has 3 rings (SSSR count). The summed E-state index contributed by atoms with van der Waals surface area (Å²) in [6.07, 6.45) is 13.3. The first kappa shape index (κ1) is 27.5. The molecule has 0 bridgehead atoms. The van der Waals surface area contributed by atoms with E-state index in [0.29, 0.717) is 18.8 Å². The molecule has 0 spiro atoms. The van der Waals surface area contributed by atoms with Crippen molar-refractivity contribution < 1.29 is 24.6 Å². The summed E-state index contributed by atoms with van der Waals surface area (Å²) in [5.74, 6) is -1.57. The van der Waals surface area contributed by atoms with Gasteiger partial charge in [0.05, 0.1) is 18.8 Å². The van der Waals surface area contributed by atoms with Crippen LogP contribution in [-0.2, 0) is 14.4 Å². The quantitative estimate of drug-likeness (QED) is 0.263. The van der Waals surface area contributed by atoms with Gasteiger partial charge in [0.2, 0.25) is 5.91 Å². The van der Waals surface area contributed by atoms with Gasteiger partial charge in [-0.3, -0.25) is 14.4 Å². The van der Waals surface area contributed by atoms with Gasteiger partial charge >= 0.3 is 0 Å². The average Bonchev–Trinajstić information content (AvgIpc) is 3.14. The first-order valence-corrected chi connectivity index (χ1v) is 13.2. The lowest BCUT2D eigenvalue weighted by Crippen LogP contribution is -2.55. The van der Waals surface area contributed by atoms with E-state index in [9.17, 15) is 24.6 Å². The predicted molar refractivity (Wildman–Crippen MR) is 136 cm³/mol. The van der Waals surface area contributed by atoms with Gasteiger partial charge in [0.15, 0.2) is 17.5 Å². The number of nitrogens with one attached hydrogen (secondary N) is 1. The summed E-state index contributed by atoms with van der Waals surface area (Å²) in [4.78, 5) is 39.0. The van der Waals surface area contributed by atoms with Gasteiger partial charge in [-0.1, -0.05) is 71.1 Å². The zero-order valence-corrected chi connectivity index (χ0v) is 21.8. The van der Waals surface area contributed by atoms with Crippen molar-refractivity contribution in [3.8, 4) is 0 Å². The third-order valence-corrected chi connectivity index (χ3v) is 8.77. The highest BCUT2D eigenvalue weighted by molar-refractivity contribution is 6.24. The third-order valence-electron chi connectivity index (χ3n) is 8.77. The van der Waals surface area contributed by atoms with Crippen LogP contribution in [0.1, 0.15) is 60.3 Å². The van der Waals surface area contributed by atoms with Crippen LogP contribution < -0.4 is 5.32 Å². The van der Waals surface area contributed by atoms with E-state index in [1.807, 2.05) is 39.0 Å². The smallest absolute Gasteiger partial charge is 0.238 e. The molecule has 2 aliphatic carbocycles. The van der Waals surface area contributed by atoms with Crippen LogP contribution in [0.2, 0.25) is 0 Å². The number of hydrogen-bond acceptors (Lipinski definition) is 5. The Labute approximate surface area is 209 Å². The number of carbonyl (C=O) groups excluding carboxylic acids is 3. The summed E-state index contributed by atoms with van der Waals surface area (Å²) in [5.41, 5.74) is -0.911. The van der Waals surface area contributed by atoms with Gasteiger partial charge in [0, 0.05) is 11.3 Å².